The molecule has 0 radical (unpaired) electrons. The van der Waals surface area contributed by atoms with Crippen LogP contribution in [0.3, 0.4) is 0 Å². The van der Waals surface area contributed by atoms with Gasteiger partial charge in [-0.05, 0) is 31.4 Å². The lowest BCUT2D eigenvalue weighted by molar-refractivity contribution is -0.135. The molecule has 1 amide bonds. The maximum Gasteiger partial charge on any atom is 0.237 e. The normalized spacial score (nSPS) is 19.6. The number of aryl methyl sites for hydroxylation is 1. The third kappa shape index (κ3) is 2.60. The number of ketones is 1. The average molecular weight is 277 g/mol. The second kappa shape index (κ2) is 5.73. The lowest BCUT2D eigenvalue weighted by Crippen LogP contribution is -2.46. The summed E-state index contributed by atoms with van der Waals surface area (Å²) in [4.78, 5) is 26.1. The Kier molecular flexibility index (Phi) is 4.21. The Morgan fingerprint density at radius 3 is 2.70 bits per heavy atom. The molecule has 0 N–H and O–H groups in total. The van der Waals surface area contributed by atoms with Gasteiger partial charge in [-0.1, -0.05) is 26.0 Å². The predicted molar refractivity (Wildman–Crippen MR) is 76.1 cm³/mol. The van der Waals surface area contributed by atoms with E-state index >= 15 is 0 Å². The Morgan fingerprint density at radius 1 is 1.40 bits per heavy atom. The van der Waals surface area contributed by atoms with Crippen LogP contribution in [0.15, 0.2) is 18.2 Å². The standard InChI is InChI=1S/C16H20FNO2/c1-10(2)15(19)12-7-5-9-18(16(12)20)14-11(3)6-4-8-13(14)17/h4,6,8,10,12H,5,7,9H2,1-3H3/t12-/m0/s1. The summed E-state index contributed by atoms with van der Waals surface area (Å²) in [6, 6.07) is 4.75. The van der Waals surface area contributed by atoms with E-state index in [2.05, 4.69) is 0 Å². The van der Waals surface area contributed by atoms with Gasteiger partial charge in [0.15, 0.2) is 0 Å². The zero-order chi connectivity index (χ0) is 14.9. The molecule has 108 valence electrons. The second-order valence-electron chi connectivity index (χ2n) is 5.65. The van der Waals surface area contributed by atoms with Crippen LogP contribution in [0.4, 0.5) is 10.1 Å². The van der Waals surface area contributed by atoms with Crippen LogP contribution in [0.2, 0.25) is 0 Å². The van der Waals surface area contributed by atoms with Crippen molar-refractivity contribution in [1.82, 2.24) is 0 Å². The molecular formula is C16H20FNO2. The number of carbonyl (C=O) groups excluding carboxylic acids is 2. The summed E-state index contributed by atoms with van der Waals surface area (Å²) in [5.74, 6) is -1.51. The van der Waals surface area contributed by atoms with E-state index < -0.39 is 11.7 Å². The van der Waals surface area contributed by atoms with Crippen molar-refractivity contribution in [2.75, 3.05) is 11.4 Å². The summed E-state index contributed by atoms with van der Waals surface area (Å²) in [5.41, 5.74) is 1.04. The zero-order valence-corrected chi connectivity index (χ0v) is 12.1. The molecule has 0 spiro atoms. The number of amides is 1. The van der Waals surface area contributed by atoms with Gasteiger partial charge >= 0.3 is 0 Å². The van der Waals surface area contributed by atoms with Crippen LogP contribution in [0.5, 0.6) is 0 Å². The first-order valence-electron chi connectivity index (χ1n) is 7.03. The summed E-state index contributed by atoms with van der Waals surface area (Å²) in [6.07, 6.45) is 1.29. The zero-order valence-electron chi connectivity index (χ0n) is 12.1. The number of halogens is 1. The average Bonchev–Trinajstić information content (AvgIpc) is 2.39. The van der Waals surface area contributed by atoms with Crippen molar-refractivity contribution in [3.63, 3.8) is 0 Å². The van der Waals surface area contributed by atoms with Gasteiger partial charge in [0.2, 0.25) is 5.91 Å². The van der Waals surface area contributed by atoms with Crippen LogP contribution in [-0.4, -0.2) is 18.2 Å². The van der Waals surface area contributed by atoms with Crippen molar-refractivity contribution < 1.29 is 14.0 Å². The topological polar surface area (TPSA) is 37.4 Å². The molecule has 1 aromatic carbocycles. The molecule has 1 atom stereocenters. The van der Waals surface area contributed by atoms with Crippen molar-refractivity contribution in [2.24, 2.45) is 11.8 Å². The molecule has 1 saturated heterocycles. The Morgan fingerprint density at radius 2 is 2.10 bits per heavy atom. The number of piperidine rings is 1. The van der Waals surface area contributed by atoms with Gasteiger partial charge in [0.05, 0.1) is 11.6 Å². The summed E-state index contributed by atoms with van der Waals surface area (Å²) in [5, 5.41) is 0. The third-order valence-corrected chi connectivity index (χ3v) is 3.81. The fourth-order valence-electron chi connectivity index (χ4n) is 2.73. The Bertz CT molecular complexity index is 519. The SMILES string of the molecule is Cc1cccc(F)c1N1CCC[C@@H](C(=O)C(C)C)C1=O. The number of para-hydroxylation sites is 1. The van der Waals surface area contributed by atoms with Gasteiger partial charge in [0.25, 0.3) is 0 Å². The number of Topliss-reactive ketones (excluding diaryl/α,β-unsaturated/α-hetero) is 1. The lowest BCUT2D eigenvalue weighted by atomic mass is 9.87. The van der Waals surface area contributed by atoms with Crippen LogP contribution in [0, 0.1) is 24.6 Å². The van der Waals surface area contributed by atoms with E-state index in [0.717, 1.165) is 12.0 Å². The number of hydrogen-bond donors (Lipinski definition) is 0. The Balaban J connectivity index is 2.34. The lowest BCUT2D eigenvalue weighted by Gasteiger charge is -2.33. The largest absolute Gasteiger partial charge is 0.309 e. The van der Waals surface area contributed by atoms with Crippen molar-refractivity contribution in [3.05, 3.63) is 29.6 Å². The van der Waals surface area contributed by atoms with Crippen molar-refractivity contribution >= 4 is 17.4 Å². The van der Waals surface area contributed by atoms with Crippen LogP contribution >= 0.6 is 0 Å². The number of anilines is 1. The highest BCUT2D eigenvalue weighted by molar-refractivity contribution is 6.09. The van der Waals surface area contributed by atoms with Gasteiger partial charge in [-0.2, -0.15) is 0 Å². The molecule has 0 unspecified atom stereocenters. The van der Waals surface area contributed by atoms with Crippen molar-refractivity contribution in [2.45, 2.75) is 33.6 Å². The first-order chi connectivity index (χ1) is 9.43. The number of rotatable bonds is 3. The maximum atomic E-state index is 14.0. The second-order valence-corrected chi connectivity index (χ2v) is 5.65. The van der Waals surface area contributed by atoms with E-state index in [1.165, 1.54) is 11.0 Å². The summed E-state index contributed by atoms with van der Waals surface area (Å²) in [7, 11) is 0. The fraction of sp³-hybridized carbons (Fsp3) is 0.500. The van der Waals surface area contributed by atoms with Crippen molar-refractivity contribution in [1.29, 1.82) is 0 Å². The highest BCUT2D eigenvalue weighted by Crippen LogP contribution is 2.30. The van der Waals surface area contributed by atoms with E-state index in [9.17, 15) is 14.0 Å². The molecule has 1 aliphatic rings. The number of benzene rings is 1. The van der Waals surface area contributed by atoms with E-state index in [1.807, 2.05) is 0 Å². The third-order valence-electron chi connectivity index (χ3n) is 3.81. The van der Waals surface area contributed by atoms with Crippen LogP contribution in [0.25, 0.3) is 0 Å². The molecule has 2 rings (SSSR count). The van der Waals surface area contributed by atoms with Crippen LogP contribution < -0.4 is 4.90 Å². The van der Waals surface area contributed by atoms with Gasteiger partial charge in [-0.25, -0.2) is 4.39 Å². The quantitative estimate of drug-likeness (QED) is 0.796. The minimum Gasteiger partial charge on any atom is -0.309 e. The van der Waals surface area contributed by atoms with Gasteiger partial charge in [-0.3, -0.25) is 9.59 Å². The molecule has 20 heavy (non-hydrogen) atoms. The molecule has 1 fully saturated rings. The van der Waals surface area contributed by atoms with E-state index in [0.29, 0.717) is 18.7 Å². The Labute approximate surface area is 118 Å². The van der Waals surface area contributed by atoms with Crippen LogP contribution in [0.1, 0.15) is 32.3 Å². The van der Waals surface area contributed by atoms with Gasteiger partial charge in [-0.15, -0.1) is 0 Å². The molecule has 1 aromatic rings. The summed E-state index contributed by atoms with van der Waals surface area (Å²) < 4.78 is 14.0. The highest BCUT2D eigenvalue weighted by Gasteiger charge is 2.36. The smallest absolute Gasteiger partial charge is 0.237 e. The molecule has 1 aliphatic heterocycles. The van der Waals surface area contributed by atoms with Gasteiger partial charge in [0, 0.05) is 12.5 Å². The molecule has 3 nitrogen and oxygen atoms in total. The molecular weight excluding hydrogens is 257 g/mol. The van der Waals surface area contributed by atoms with Crippen LogP contribution in [-0.2, 0) is 9.59 Å². The monoisotopic (exact) mass is 277 g/mol. The minimum absolute atomic E-state index is 0.0475. The van der Waals surface area contributed by atoms with E-state index in [1.54, 1.807) is 32.9 Å². The van der Waals surface area contributed by atoms with Gasteiger partial charge < -0.3 is 4.90 Å². The minimum atomic E-state index is -0.622. The summed E-state index contributed by atoms with van der Waals surface area (Å²) in [6.45, 7) is 5.84. The summed E-state index contributed by atoms with van der Waals surface area (Å²) >= 11 is 0. The molecule has 0 aromatic heterocycles. The van der Waals surface area contributed by atoms with E-state index in [-0.39, 0.29) is 17.6 Å². The number of hydrogen-bond acceptors (Lipinski definition) is 2. The molecule has 0 bridgehead atoms. The molecule has 0 aliphatic carbocycles. The number of carbonyl (C=O) groups is 2. The number of nitrogens with zero attached hydrogens (tertiary/aromatic N) is 1. The molecule has 0 saturated carbocycles. The molecule has 4 heteroatoms. The highest BCUT2D eigenvalue weighted by atomic mass is 19.1. The van der Waals surface area contributed by atoms with E-state index in [4.69, 9.17) is 0 Å². The van der Waals surface area contributed by atoms with Gasteiger partial charge in [0.1, 0.15) is 11.6 Å². The predicted octanol–water partition coefficient (Wildman–Crippen LogP) is 3.10. The fourth-order valence-corrected chi connectivity index (χ4v) is 2.73. The van der Waals surface area contributed by atoms with Crippen molar-refractivity contribution in [3.8, 4) is 0 Å². The molecule has 1 heterocycles. The first-order valence-corrected chi connectivity index (χ1v) is 7.03. The first kappa shape index (κ1) is 14.7. The Hall–Kier alpha value is -1.71. The maximum absolute atomic E-state index is 14.0.